The predicted molar refractivity (Wildman–Crippen MR) is 120 cm³/mol. The number of carbonyl (C=O) groups excluding carboxylic acids is 2. The molecule has 0 unspecified atom stereocenters. The maximum Gasteiger partial charge on any atom is 0.325 e. The van der Waals surface area contributed by atoms with Gasteiger partial charge in [-0.1, -0.05) is 11.3 Å². The summed E-state index contributed by atoms with van der Waals surface area (Å²) < 4.78 is 74.1. The van der Waals surface area contributed by atoms with Gasteiger partial charge in [0.05, 0.1) is 22.2 Å². The second-order valence-corrected chi connectivity index (χ2v) is 10.8. The molecule has 1 amide bonds. The first kappa shape index (κ1) is 25.1. The molecule has 186 valence electrons. The largest absolute Gasteiger partial charge is 0.468 e. The molecule has 1 saturated heterocycles. The van der Waals surface area contributed by atoms with Crippen molar-refractivity contribution in [2.24, 2.45) is 10.9 Å². The molecule has 0 saturated carbocycles. The molecule has 4 rings (SSSR count). The van der Waals surface area contributed by atoms with Gasteiger partial charge >= 0.3 is 5.97 Å². The average Bonchev–Trinajstić information content (AvgIpc) is 3.15. The Morgan fingerprint density at radius 2 is 1.74 bits per heavy atom. The van der Waals surface area contributed by atoms with Crippen LogP contribution in [0.5, 0.6) is 0 Å². The van der Waals surface area contributed by atoms with Crippen molar-refractivity contribution in [2.75, 3.05) is 20.2 Å². The first-order chi connectivity index (χ1) is 16.6. The highest BCUT2D eigenvalue weighted by Crippen LogP contribution is 2.26. The molecule has 0 spiro atoms. The Labute approximate surface area is 202 Å². The third-order valence-corrected chi connectivity index (χ3v) is 8.61. The molecule has 2 heterocycles. The van der Waals surface area contributed by atoms with E-state index in [1.165, 1.54) is 16.4 Å². The molecular weight excluding hydrogens is 507 g/mol. The van der Waals surface area contributed by atoms with E-state index < -0.39 is 51.8 Å². The van der Waals surface area contributed by atoms with Crippen LogP contribution in [-0.4, -0.2) is 49.4 Å². The van der Waals surface area contributed by atoms with Crippen molar-refractivity contribution in [3.63, 3.8) is 0 Å². The van der Waals surface area contributed by atoms with Gasteiger partial charge in [-0.25, -0.2) is 21.6 Å². The van der Waals surface area contributed by atoms with Crippen molar-refractivity contribution in [3.8, 4) is 0 Å². The van der Waals surface area contributed by atoms with Crippen LogP contribution in [-0.2, 0) is 30.9 Å². The number of nitrogens with zero attached hydrogens (tertiary/aromatic N) is 3. The number of carbonyl (C=O) groups is 2. The van der Waals surface area contributed by atoms with Gasteiger partial charge in [-0.05, 0) is 43.2 Å². The maximum atomic E-state index is 14.5. The Morgan fingerprint density at radius 1 is 1.09 bits per heavy atom. The van der Waals surface area contributed by atoms with Crippen molar-refractivity contribution in [2.45, 2.75) is 24.3 Å². The standard InChI is InChI=1S/C22H20F3N3O5S2/c1-33-19(29)12-28-20-17(25)10-15(24)11-18(20)34-22(28)26-21(30)13-6-8-27(9-7-13)35(31,32)16-4-2-14(23)3-5-16/h2-5,10-11,13H,6-9,12H2,1H3. The summed E-state index contributed by atoms with van der Waals surface area (Å²) in [4.78, 5) is 28.8. The fraction of sp³-hybridized carbons (Fsp3) is 0.318. The molecule has 0 atom stereocenters. The third kappa shape index (κ3) is 5.16. The summed E-state index contributed by atoms with van der Waals surface area (Å²) in [6, 6.07) is 6.24. The first-order valence-corrected chi connectivity index (χ1v) is 12.8. The fourth-order valence-electron chi connectivity index (χ4n) is 3.84. The highest BCUT2D eigenvalue weighted by molar-refractivity contribution is 7.89. The summed E-state index contributed by atoms with van der Waals surface area (Å²) in [5.74, 6) is -4.14. The Bertz CT molecular complexity index is 1460. The van der Waals surface area contributed by atoms with E-state index in [0.717, 1.165) is 41.2 Å². The molecule has 13 heteroatoms. The van der Waals surface area contributed by atoms with Crippen LogP contribution in [0.4, 0.5) is 13.2 Å². The van der Waals surface area contributed by atoms with Gasteiger partial charge in [-0.2, -0.15) is 9.30 Å². The number of aromatic nitrogens is 1. The molecule has 1 fully saturated rings. The van der Waals surface area contributed by atoms with Crippen molar-refractivity contribution in [3.05, 3.63) is 58.7 Å². The quantitative estimate of drug-likeness (QED) is 0.476. The number of piperidine rings is 1. The molecule has 35 heavy (non-hydrogen) atoms. The molecule has 3 aromatic rings. The molecule has 1 aromatic heterocycles. The lowest BCUT2D eigenvalue weighted by Crippen LogP contribution is -2.40. The molecule has 0 N–H and O–H groups in total. The lowest BCUT2D eigenvalue weighted by atomic mass is 9.98. The zero-order valence-corrected chi connectivity index (χ0v) is 20.0. The minimum Gasteiger partial charge on any atom is -0.468 e. The van der Waals surface area contributed by atoms with E-state index in [1.54, 1.807) is 0 Å². The lowest BCUT2D eigenvalue weighted by Gasteiger charge is -2.29. The van der Waals surface area contributed by atoms with Gasteiger partial charge < -0.3 is 9.30 Å². The maximum absolute atomic E-state index is 14.5. The lowest BCUT2D eigenvalue weighted by molar-refractivity contribution is -0.141. The van der Waals surface area contributed by atoms with Gasteiger partial charge in [0.1, 0.15) is 18.2 Å². The number of hydrogen-bond donors (Lipinski definition) is 0. The molecule has 1 aliphatic heterocycles. The molecule has 0 radical (unpaired) electrons. The number of esters is 1. The Morgan fingerprint density at radius 3 is 2.37 bits per heavy atom. The number of halogens is 3. The number of ether oxygens (including phenoxy) is 1. The van der Waals surface area contributed by atoms with Gasteiger partial charge in [0.25, 0.3) is 5.91 Å². The SMILES string of the molecule is COC(=O)Cn1c(=NC(=O)C2CCN(S(=O)(=O)c3ccc(F)cc3)CC2)sc2cc(F)cc(F)c21. The van der Waals surface area contributed by atoms with Crippen LogP contribution in [0, 0.1) is 23.4 Å². The minimum absolute atomic E-state index is 0.00117. The minimum atomic E-state index is -3.84. The molecule has 2 aromatic carbocycles. The zero-order chi connectivity index (χ0) is 25.3. The van der Waals surface area contributed by atoms with E-state index in [1.807, 2.05) is 0 Å². The van der Waals surface area contributed by atoms with Crippen molar-refractivity contribution >= 4 is 43.5 Å². The number of methoxy groups -OCH3 is 1. The first-order valence-electron chi connectivity index (χ1n) is 10.5. The van der Waals surface area contributed by atoms with E-state index in [0.29, 0.717) is 6.07 Å². The predicted octanol–water partition coefficient (Wildman–Crippen LogP) is 2.82. The van der Waals surface area contributed by atoms with Gasteiger partial charge in [0, 0.05) is 25.1 Å². The van der Waals surface area contributed by atoms with Crippen LogP contribution in [0.3, 0.4) is 0 Å². The van der Waals surface area contributed by atoms with Crippen molar-refractivity contribution < 1.29 is 35.9 Å². The Kier molecular flexibility index (Phi) is 7.10. The van der Waals surface area contributed by atoms with Crippen LogP contribution in [0.25, 0.3) is 10.2 Å². The van der Waals surface area contributed by atoms with Gasteiger partial charge in [0.2, 0.25) is 10.0 Å². The highest BCUT2D eigenvalue weighted by Gasteiger charge is 2.32. The number of benzene rings is 2. The van der Waals surface area contributed by atoms with E-state index >= 15 is 0 Å². The van der Waals surface area contributed by atoms with E-state index in [-0.39, 0.29) is 45.8 Å². The topological polar surface area (TPSA) is 98.0 Å². The van der Waals surface area contributed by atoms with Gasteiger partial charge in [-0.3, -0.25) is 9.59 Å². The van der Waals surface area contributed by atoms with Crippen molar-refractivity contribution in [1.29, 1.82) is 0 Å². The van der Waals surface area contributed by atoms with Crippen LogP contribution in [0.2, 0.25) is 0 Å². The second kappa shape index (κ2) is 9.91. The number of fused-ring (bicyclic) bond motifs is 1. The molecule has 1 aliphatic rings. The van der Waals surface area contributed by atoms with Gasteiger partial charge in [0.15, 0.2) is 10.6 Å². The van der Waals surface area contributed by atoms with Crippen LogP contribution >= 0.6 is 11.3 Å². The summed E-state index contributed by atoms with van der Waals surface area (Å²) in [6.45, 7) is -0.320. The normalized spacial score (nSPS) is 16.1. The van der Waals surface area contributed by atoms with E-state index in [2.05, 4.69) is 9.73 Å². The second-order valence-electron chi connectivity index (χ2n) is 7.86. The zero-order valence-electron chi connectivity index (χ0n) is 18.4. The highest BCUT2D eigenvalue weighted by atomic mass is 32.2. The number of sulfonamides is 1. The number of thiazole rings is 1. The monoisotopic (exact) mass is 527 g/mol. The van der Waals surface area contributed by atoms with Crippen LogP contribution < -0.4 is 4.80 Å². The number of hydrogen-bond acceptors (Lipinski definition) is 6. The smallest absolute Gasteiger partial charge is 0.325 e. The van der Waals surface area contributed by atoms with Crippen molar-refractivity contribution in [1.82, 2.24) is 8.87 Å². The molecular formula is C22H20F3N3O5S2. The Balaban J connectivity index is 1.58. The Hall–Kier alpha value is -3.03. The molecule has 0 aliphatic carbocycles. The summed E-state index contributed by atoms with van der Waals surface area (Å²) in [5.41, 5.74) is -0.0754. The van der Waals surface area contributed by atoms with Crippen LogP contribution in [0.1, 0.15) is 12.8 Å². The summed E-state index contributed by atoms with van der Waals surface area (Å²) >= 11 is 0.851. The summed E-state index contributed by atoms with van der Waals surface area (Å²) in [5, 5.41) is 0. The van der Waals surface area contributed by atoms with E-state index in [9.17, 15) is 31.2 Å². The average molecular weight is 528 g/mol. The van der Waals surface area contributed by atoms with Gasteiger partial charge in [-0.15, -0.1) is 0 Å². The molecule has 8 nitrogen and oxygen atoms in total. The number of rotatable bonds is 5. The summed E-state index contributed by atoms with van der Waals surface area (Å²) in [6.07, 6.45) is 0.376. The third-order valence-electron chi connectivity index (χ3n) is 5.67. The molecule has 0 bridgehead atoms. The van der Waals surface area contributed by atoms with Crippen LogP contribution in [0.15, 0.2) is 46.3 Å². The number of amides is 1. The fourth-order valence-corrected chi connectivity index (χ4v) is 6.38. The van der Waals surface area contributed by atoms with E-state index in [4.69, 9.17) is 0 Å². The summed E-state index contributed by atoms with van der Waals surface area (Å²) in [7, 11) is -2.69.